The monoisotopic (exact) mass is 418 g/mol. The van der Waals surface area contributed by atoms with Gasteiger partial charge in [0.15, 0.2) is 11.6 Å². The average Bonchev–Trinajstić information content (AvgIpc) is 2.70. The number of amides is 1. The summed E-state index contributed by atoms with van der Waals surface area (Å²) in [6.07, 6.45) is 0. The fourth-order valence-corrected chi connectivity index (χ4v) is 3.65. The molecule has 0 saturated carbocycles. The Labute approximate surface area is 166 Å². The van der Waals surface area contributed by atoms with E-state index in [0.717, 1.165) is 6.07 Å². The van der Waals surface area contributed by atoms with Gasteiger partial charge >= 0.3 is 0 Å². The molecule has 3 rings (SSSR count). The molecule has 3 aromatic rings. The highest BCUT2D eigenvalue weighted by Crippen LogP contribution is 2.26. The molecule has 0 aliphatic rings. The van der Waals surface area contributed by atoms with Crippen LogP contribution in [0.2, 0.25) is 0 Å². The zero-order valence-electron chi connectivity index (χ0n) is 15.1. The van der Waals surface area contributed by atoms with Crippen LogP contribution in [0.25, 0.3) is 0 Å². The Balaban J connectivity index is 1.90. The molecule has 0 atom stereocenters. The number of benzene rings is 3. The lowest BCUT2D eigenvalue weighted by Gasteiger charge is -2.14. The van der Waals surface area contributed by atoms with E-state index in [9.17, 15) is 22.0 Å². The molecule has 0 aliphatic carbocycles. The Bertz CT molecular complexity index is 1170. The molecule has 3 aromatic carbocycles. The van der Waals surface area contributed by atoms with Crippen molar-refractivity contribution in [3.8, 4) is 5.75 Å². The first kappa shape index (κ1) is 20.3. The summed E-state index contributed by atoms with van der Waals surface area (Å²) in [4.78, 5) is 12.2. The summed E-state index contributed by atoms with van der Waals surface area (Å²) < 4.78 is 59.0. The second-order valence-corrected chi connectivity index (χ2v) is 7.56. The SMILES string of the molecule is COc1ccccc1NC(=O)c1ccccc1NS(=O)(=O)c1ccc(F)c(F)c1. The summed E-state index contributed by atoms with van der Waals surface area (Å²) in [5.41, 5.74) is 0.410. The summed E-state index contributed by atoms with van der Waals surface area (Å²) in [5, 5.41) is 2.65. The van der Waals surface area contributed by atoms with Gasteiger partial charge in [0.1, 0.15) is 5.75 Å². The van der Waals surface area contributed by atoms with Crippen LogP contribution >= 0.6 is 0 Å². The van der Waals surface area contributed by atoms with E-state index in [4.69, 9.17) is 4.74 Å². The number of para-hydroxylation sites is 3. The van der Waals surface area contributed by atoms with Crippen molar-refractivity contribution in [3.63, 3.8) is 0 Å². The molecule has 2 N–H and O–H groups in total. The highest BCUT2D eigenvalue weighted by molar-refractivity contribution is 7.92. The van der Waals surface area contributed by atoms with Gasteiger partial charge in [-0.3, -0.25) is 9.52 Å². The summed E-state index contributed by atoms with van der Waals surface area (Å²) >= 11 is 0. The summed E-state index contributed by atoms with van der Waals surface area (Å²) in [6.45, 7) is 0. The largest absolute Gasteiger partial charge is 0.495 e. The molecule has 0 heterocycles. The van der Waals surface area contributed by atoms with Crippen LogP contribution in [0, 0.1) is 11.6 Å². The summed E-state index contributed by atoms with van der Waals surface area (Å²) in [6, 6.07) is 14.8. The molecule has 150 valence electrons. The molecule has 1 amide bonds. The molecule has 0 saturated heterocycles. The Morgan fingerprint density at radius 3 is 2.24 bits per heavy atom. The molecule has 29 heavy (non-hydrogen) atoms. The van der Waals surface area contributed by atoms with Gasteiger partial charge in [-0.2, -0.15) is 0 Å². The van der Waals surface area contributed by atoms with E-state index in [2.05, 4.69) is 10.0 Å². The van der Waals surface area contributed by atoms with Gasteiger partial charge in [0.25, 0.3) is 15.9 Å². The van der Waals surface area contributed by atoms with Crippen molar-refractivity contribution in [2.75, 3.05) is 17.1 Å². The predicted molar refractivity (Wildman–Crippen MR) is 105 cm³/mol. The number of hydrogen-bond donors (Lipinski definition) is 2. The van der Waals surface area contributed by atoms with Crippen LogP contribution in [0.1, 0.15) is 10.4 Å². The van der Waals surface area contributed by atoms with E-state index in [-0.39, 0.29) is 11.3 Å². The normalized spacial score (nSPS) is 11.0. The zero-order valence-corrected chi connectivity index (χ0v) is 16.0. The Morgan fingerprint density at radius 2 is 1.55 bits per heavy atom. The van der Waals surface area contributed by atoms with Crippen molar-refractivity contribution in [3.05, 3.63) is 83.9 Å². The van der Waals surface area contributed by atoms with Crippen molar-refractivity contribution in [1.82, 2.24) is 0 Å². The lowest BCUT2D eigenvalue weighted by molar-refractivity contribution is 0.102. The number of ether oxygens (including phenoxy) is 1. The number of nitrogens with one attached hydrogen (secondary N) is 2. The first-order valence-electron chi connectivity index (χ1n) is 8.33. The maximum absolute atomic E-state index is 13.4. The van der Waals surface area contributed by atoms with E-state index >= 15 is 0 Å². The number of sulfonamides is 1. The van der Waals surface area contributed by atoms with Gasteiger partial charge in [0.05, 0.1) is 28.9 Å². The van der Waals surface area contributed by atoms with Crippen molar-refractivity contribution >= 4 is 27.3 Å². The number of carbonyl (C=O) groups is 1. The first-order valence-corrected chi connectivity index (χ1v) is 9.81. The predicted octanol–water partition coefficient (Wildman–Crippen LogP) is 4.03. The third-order valence-corrected chi connectivity index (χ3v) is 5.34. The minimum Gasteiger partial charge on any atom is -0.495 e. The molecule has 0 fully saturated rings. The summed E-state index contributed by atoms with van der Waals surface area (Å²) in [7, 11) is -2.80. The van der Waals surface area contributed by atoms with Crippen LogP contribution in [0.3, 0.4) is 0 Å². The van der Waals surface area contributed by atoms with Crippen LogP contribution in [-0.2, 0) is 10.0 Å². The third-order valence-electron chi connectivity index (χ3n) is 3.97. The molecule has 0 spiro atoms. The van der Waals surface area contributed by atoms with Gasteiger partial charge in [-0.05, 0) is 42.5 Å². The topological polar surface area (TPSA) is 84.5 Å². The average molecular weight is 418 g/mol. The minimum atomic E-state index is -4.26. The Hall–Kier alpha value is -3.46. The number of hydrogen-bond acceptors (Lipinski definition) is 4. The molecule has 9 heteroatoms. The van der Waals surface area contributed by atoms with E-state index in [1.807, 2.05) is 0 Å². The molecule has 0 bridgehead atoms. The summed E-state index contributed by atoms with van der Waals surface area (Å²) in [5.74, 6) is -2.62. The van der Waals surface area contributed by atoms with E-state index in [1.54, 1.807) is 30.3 Å². The van der Waals surface area contributed by atoms with Crippen molar-refractivity contribution in [2.24, 2.45) is 0 Å². The van der Waals surface area contributed by atoms with Gasteiger partial charge in [-0.1, -0.05) is 24.3 Å². The molecule has 0 radical (unpaired) electrons. The smallest absolute Gasteiger partial charge is 0.262 e. The van der Waals surface area contributed by atoms with E-state index in [0.29, 0.717) is 23.6 Å². The highest BCUT2D eigenvalue weighted by Gasteiger charge is 2.20. The molecule has 0 aromatic heterocycles. The van der Waals surface area contributed by atoms with Crippen LogP contribution in [0.15, 0.2) is 71.6 Å². The van der Waals surface area contributed by atoms with Gasteiger partial charge in [0, 0.05) is 0 Å². The Kier molecular flexibility index (Phi) is 5.79. The maximum Gasteiger partial charge on any atom is 0.262 e. The molecular formula is C20H16F2N2O4S. The number of rotatable bonds is 6. The maximum atomic E-state index is 13.4. The van der Waals surface area contributed by atoms with Crippen LogP contribution in [0.4, 0.5) is 20.2 Å². The van der Waals surface area contributed by atoms with E-state index in [1.165, 1.54) is 25.3 Å². The second kappa shape index (κ2) is 8.27. The quantitative estimate of drug-likeness (QED) is 0.633. The number of methoxy groups -OCH3 is 1. The number of anilines is 2. The molecule has 6 nitrogen and oxygen atoms in total. The first-order chi connectivity index (χ1) is 13.8. The zero-order chi connectivity index (χ0) is 21.0. The highest BCUT2D eigenvalue weighted by atomic mass is 32.2. The standard InChI is InChI=1S/C20H16F2N2O4S/c1-28-19-9-5-4-8-18(19)23-20(25)14-6-2-3-7-17(14)24-29(26,27)13-10-11-15(21)16(22)12-13/h2-12,24H,1H3,(H,23,25). The van der Waals surface area contributed by atoms with Gasteiger partial charge in [-0.25, -0.2) is 17.2 Å². The molecule has 0 unspecified atom stereocenters. The van der Waals surface area contributed by atoms with Crippen LogP contribution in [-0.4, -0.2) is 21.4 Å². The molecule has 0 aliphatic heterocycles. The minimum absolute atomic E-state index is 0.0235. The van der Waals surface area contributed by atoms with E-state index < -0.39 is 32.5 Å². The Morgan fingerprint density at radius 1 is 0.897 bits per heavy atom. The van der Waals surface area contributed by atoms with Crippen molar-refractivity contribution in [1.29, 1.82) is 0 Å². The number of halogens is 2. The second-order valence-electron chi connectivity index (χ2n) is 5.88. The fourth-order valence-electron chi connectivity index (χ4n) is 2.56. The van der Waals surface area contributed by atoms with Gasteiger partial charge in [-0.15, -0.1) is 0 Å². The van der Waals surface area contributed by atoms with Gasteiger partial charge < -0.3 is 10.1 Å². The van der Waals surface area contributed by atoms with Gasteiger partial charge in [0.2, 0.25) is 0 Å². The lowest BCUT2D eigenvalue weighted by Crippen LogP contribution is -2.19. The lowest BCUT2D eigenvalue weighted by atomic mass is 10.1. The van der Waals surface area contributed by atoms with Crippen LogP contribution < -0.4 is 14.8 Å². The number of carbonyl (C=O) groups excluding carboxylic acids is 1. The third kappa shape index (κ3) is 4.52. The fraction of sp³-hybridized carbons (Fsp3) is 0.0500. The van der Waals surface area contributed by atoms with Crippen LogP contribution in [0.5, 0.6) is 5.75 Å². The van der Waals surface area contributed by atoms with Crippen molar-refractivity contribution < 1.29 is 26.7 Å². The van der Waals surface area contributed by atoms with Crippen molar-refractivity contribution in [2.45, 2.75) is 4.90 Å². The molecular weight excluding hydrogens is 402 g/mol.